The smallest absolute Gasteiger partial charge is 0.289 e. The van der Waals surface area contributed by atoms with Gasteiger partial charge in [-0.15, -0.1) is 0 Å². The number of amides is 2. The van der Waals surface area contributed by atoms with E-state index in [1.807, 2.05) is 0 Å². The summed E-state index contributed by atoms with van der Waals surface area (Å²) in [7, 11) is 0. The first-order chi connectivity index (χ1) is 12.0. The maximum Gasteiger partial charge on any atom is 0.289 e. The summed E-state index contributed by atoms with van der Waals surface area (Å²) in [4.78, 5) is 27.1. The number of anilines is 1. The second-order valence-corrected chi connectivity index (χ2v) is 6.28. The second kappa shape index (κ2) is 7.67. The zero-order valence-electron chi connectivity index (χ0n) is 13.4. The molecule has 1 aliphatic rings. The summed E-state index contributed by atoms with van der Waals surface area (Å²) < 4.78 is 18.1. The second-order valence-electron chi connectivity index (χ2n) is 5.87. The molecule has 2 amide bonds. The van der Waals surface area contributed by atoms with Gasteiger partial charge < -0.3 is 19.5 Å². The summed E-state index contributed by atoms with van der Waals surface area (Å²) in [5.41, 5.74) is 0.388. The highest BCUT2D eigenvalue weighted by Crippen LogP contribution is 2.22. The number of carbonyl (C=O) groups excluding carboxylic acids is 2. The summed E-state index contributed by atoms with van der Waals surface area (Å²) in [6, 6.07) is 7.16. The largest absolute Gasteiger partial charge is 0.459 e. The van der Waals surface area contributed by atoms with Crippen molar-refractivity contribution in [1.82, 2.24) is 4.90 Å². The Hall–Kier alpha value is -2.38. The van der Waals surface area contributed by atoms with Crippen molar-refractivity contribution in [2.24, 2.45) is 0 Å². The highest BCUT2D eigenvalue weighted by molar-refractivity contribution is 6.33. The molecule has 0 spiro atoms. The molecule has 1 saturated heterocycles. The molecule has 0 unspecified atom stereocenters. The fourth-order valence-electron chi connectivity index (χ4n) is 2.77. The molecule has 132 valence electrons. The van der Waals surface area contributed by atoms with E-state index in [0.29, 0.717) is 37.6 Å². The van der Waals surface area contributed by atoms with Gasteiger partial charge in [0.25, 0.3) is 11.8 Å². The van der Waals surface area contributed by atoms with Gasteiger partial charge in [0.1, 0.15) is 5.82 Å². The first-order valence-electron chi connectivity index (χ1n) is 7.94. The van der Waals surface area contributed by atoms with Crippen LogP contribution in [0.15, 0.2) is 41.0 Å². The molecule has 1 aromatic carbocycles. The highest BCUT2D eigenvalue weighted by atomic mass is 35.5. The van der Waals surface area contributed by atoms with E-state index in [1.165, 1.54) is 18.4 Å². The fraction of sp³-hybridized carbons (Fsp3) is 0.294. The van der Waals surface area contributed by atoms with Gasteiger partial charge >= 0.3 is 0 Å². The Balaban J connectivity index is 1.48. The number of rotatable bonds is 4. The molecule has 2 aromatic rings. The first kappa shape index (κ1) is 17.4. The van der Waals surface area contributed by atoms with Crippen LogP contribution in [-0.4, -0.2) is 49.4 Å². The first-order valence-corrected chi connectivity index (χ1v) is 8.32. The molecule has 0 atom stereocenters. The number of nitrogens with zero attached hydrogens (tertiary/aromatic N) is 1. The molecule has 6 nitrogen and oxygen atoms in total. The number of hydrogen-bond acceptors (Lipinski definition) is 3. The molecule has 0 saturated carbocycles. The van der Waals surface area contributed by atoms with Crippen molar-refractivity contribution in [3.63, 3.8) is 0 Å². The van der Waals surface area contributed by atoms with Crippen LogP contribution in [0.3, 0.4) is 0 Å². The quantitative estimate of drug-likeness (QED) is 0.850. The van der Waals surface area contributed by atoms with Gasteiger partial charge in [-0.05, 0) is 30.3 Å². The van der Waals surface area contributed by atoms with E-state index in [1.54, 1.807) is 17.0 Å². The molecule has 3 rings (SSSR count). The Morgan fingerprint density at radius 2 is 2.04 bits per heavy atom. The Morgan fingerprint density at radius 1 is 1.28 bits per heavy atom. The van der Waals surface area contributed by atoms with Crippen molar-refractivity contribution in [2.75, 3.05) is 38.0 Å². The number of quaternary nitrogens is 1. The molecule has 8 heteroatoms. The summed E-state index contributed by atoms with van der Waals surface area (Å²) in [5.74, 6) is -0.459. The average molecular weight is 367 g/mol. The number of halogens is 2. The number of carbonyl (C=O) groups is 2. The van der Waals surface area contributed by atoms with Gasteiger partial charge in [0.05, 0.1) is 43.2 Å². The minimum absolute atomic E-state index is 0.133. The van der Waals surface area contributed by atoms with E-state index in [2.05, 4.69) is 5.32 Å². The molecule has 1 fully saturated rings. The van der Waals surface area contributed by atoms with Crippen LogP contribution in [0.25, 0.3) is 0 Å². The summed E-state index contributed by atoms with van der Waals surface area (Å²) >= 11 is 5.90. The van der Waals surface area contributed by atoms with E-state index in [4.69, 9.17) is 16.0 Å². The van der Waals surface area contributed by atoms with Crippen LogP contribution in [0.4, 0.5) is 10.1 Å². The average Bonchev–Trinajstić information content (AvgIpc) is 3.12. The van der Waals surface area contributed by atoms with Gasteiger partial charge in [-0.1, -0.05) is 11.6 Å². The van der Waals surface area contributed by atoms with Crippen LogP contribution in [0.5, 0.6) is 0 Å². The van der Waals surface area contributed by atoms with E-state index in [0.717, 1.165) is 11.0 Å². The SMILES string of the molecule is O=C(C[NH+]1CCN(C(=O)c2ccco2)CC1)Nc1ccc(F)cc1Cl. The van der Waals surface area contributed by atoms with Crippen LogP contribution in [0.1, 0.15) is 10.6 Å². The van der Waals surface area contributed by atoms with E-state index < -0.39 is 5.82 Å². The molecule has 0 radical (unpaired) electrons. The molecule has 0 aliphatic carbocycles. The molecule has 0 bridgehead atoms. The minimum Gasteiger partial charge on any atom is -0.459 e. The molecule has 1 aromatic heterocycles. The molecule has 2 N–H and O–H groups in total. The van der Waals surface area contributed by atoms with Gasteiger partial charge in [-0.3, -0.25) is 9.59 Å². The maximum absolute atomic E-state index is 13.0. The highest BCUT2D eigenvalue weighted by Gasteiger charge is 2.27. The Morgan fingerprint density at radius 3 is 2.68 bits per heavy atom. The van der Waals surface area contributed by atoms with Crippen molar-refractivity contribution in [3.8, 4) is 0 Å². The molecule has 25 heavy (non-hydrogen) atoms. The normalized spacial score (nSPS) is 15.2. The summed E-state index contributed by atoms with van der Waals surface area (Å²) in [5, 5.41) is 2.85. The summed E-state index contributed by atoms with van der Waals surface area (Å²) in [6.45, 7) is 2.70. The zero-order valence-corrected chi connectivity index (χ0v) is 14.2. The number of benzene rings is 1. The molecule has 1 aliphatic heterocycles. The Labute approximate surface area is 149 Å². The minimum atomic E-state index is -0.453. The van der Waals surface area contributed by atoms with Crippen LogP contribution in [0.2, 0.25) is 5.02 Å². The number of furan rings is 1. The zero-order chi connectivity index (χ0) is 17.8. The van der Waals surface area contributed by atoms with Crippen LogP contribution in [0, 0.1) is 5.82 Å². The lowest BCUT2D eigenvalue weighted by Gasteiger charge is -2.31. The lowest BCUT2D eigenvalue weighted by atomic mass is 10.2. The lowest BCUT2D eigenvalue weighted by molar-refractivity contribution is -0.895. The van der Waals surface area contributed by atoms with E-state index in [-0.39, 0.29) is 23.4 Å². The van der Waals surface area contributed by atoms with Crippen molar-refractivity contribution in [3.05, 3.63) is 53.2 Å². The van der Waals surface area contributed by atoms with Crippen molar-refractivity contribution in [1.29, 1.82) is 0 Å². The third-order valence-electron chi connectivity index (χ3n) is 4.11. The van der Waals surface area contributed by atoms with Gasteiger partial charge in [0.15, 0.2) is 12.3 Å². The van der Waals surface area contributed by atoms with Gasteiger partial charge in [0.2, 0.25) is 0 Å². The van der Waals surface area contributed by atoms with Crippen molar-refractivity contribution in [2.45, 2.75) is 0 Å². The van der Waals surface area contributed by atoms with E-state index >= 15 is 0 Å². The third kappa shape index (κ3) is 4.37. The standard InChI is InChI=1S/C17H17ClFN3O3/c18-13-10-12(19)3-4-14(13)20-16(23)11-21-5-7-22(8-6-21)17(24)15-2-1-9-25-15/h1-4,9-10H,5-8,11H2,(H,20,23)/p+1. The third-order valence-corrected chi connectivity index (χ3v) is 4.42. The van der Waals surface area contributed by atoms with Crippen molar-refractivity contribution >= 4 is 29.1 Å². The Kier molecular flexibility index (Phi) is 5.35. The van der Waals surface area contributed by atoms with Crippen LogP contribution < -0.4 is 10.2 Å². The van der Waals surface area contributed by atoms with Crippen molar-refractivity contribution < 1.29 is 23.3 Å². The van der Waals surface area contributed by atoms with Gasteiger partial charge in [-0.25, -0.2) is 4.39 Å². The number of hydrogen-bond donors (Lipinski definition) is 2. The molecule has 2 heterocycles. The Bertz CT molecular complexity index is 759. The monoisotopic (exact) mass is 366 g/mol. The fourth-order valence-corrected chi connectivity index (χ4v) is 2.99. The van der Waals surface area contributed by atoms with Crippen LogP contribution >= 0.6 is 11.6 Å². The maximum atomic E-state index is 13.0. The lowest BCUT2D eigenvalue weighted by Crippen LogP contribution is -3.15. The predicted molar refractivity (Wildman–Crippen MR) is 90.2 cm³/mol. The van der Waals surface area contributed by atoms with E-state index in [9.17, 15) is 14.0 Å². The van der Waals surface area contributed by atoms with Crippen LogP contribution in [-0.2, 0) is 4.79 Å². The topological polar surface area (TPSA) is 67.0 Å². The summed E-state index contributed by atoms with van der Waals surface area (Å²) in [6.07, 6.45) is 1.47. The van der Waals surface area contributed by atoms with Gasteiger partial charge in [-0.2, -0.15) is 0 Å². The molecular formula is C17H18ClFN3O3+. The number of nitrogens with one attached hydrogen (secondary N) is 2. The van der Waals surface area contributed by atoms with Gasteiger partial charge in [0, 0.05) is 0 Å². The number of piperazine rings is 1. The predicted octanol–water partition coefficient (Wildman–Crippen LogP) is 1.05. The molecular weight excluding hydrogens is 349 g/mol.